The lowest BCUT2D eigenvalue weighted by Gasteiger charge is -2.17. The van der Waals surface area contributed by atoms with Crippen molar-refractivity contribution in [3.05, 3.63) is 47.5 Å². The Morgan fingerprint density at radius 1 is 0.926 bits per heavy atom. The van der Waals surface area contributed by atoms with Gasteiger partial charge in [0.25, 0.3) is 0 Å². The van der Waals surface area contributed by atoms with E-state index in [0.29, 0.717) is 25.2 Å². The summed E-state index contributed by atoms with van der Waals surface area (Å²) in [7, 11) is 0. The molecule has 0 aliphatic rings. The molecule has 0 heterocycles. The number of unbranched alkanes of at least 4 members (excludes halogenated alkanes) is 1. The summed E-state index contributed by atoms with van der Waals surface area (Å²) in [5.74, 6) is 0.299. The fourth-order valence-corrected chi connectivity index (χ4v) is 2.16. The molecule has 0 atom stereocenters. The van der Waals surface area contributed by atoms with Crippen molar-refractivity contribution in [1.29, 1.82) is 0 Å². The number of alkyl halides is 4. The van der Waals surface area contributed by atoms with Crippen molar-refractivity contribution in [2.75, 3.05) is 13.2 Å². The molecule has 0 saturated heterocycles. The molecule has 27 heavy (non-hydrogen) atoms. The van der Waals surface area contributed by atoms with Gasteiger partial charge in [0.15, 0.2) is 0 Å². The Labute approximate surface area is 158 Å². The second-order valence-electron chi connectivity index (χ2n) is 5.46. The number of phenols is 1. The predicted octanol–water partition coefficient (Wildman–Crippen LogP) is 5.52. The fourth-order valence-electron chi connectivity index (χ4n) is 1.99. The van der Waals surface area contributed by atoms with Crippen LogP contribution in [0.4, 0.5) is 17.6 Å². The first-order chi connectivity index (χ1) is 12.8. The first-order valence-corrected chi connectivity index (χ1v) is 8.35. The summed E-state index contributed by atoms with van der Waals surface area (Å²) in [6.07, 6.45) is -7.25. The van der Waals surface area contributed by atoms with Crippen molar-refractivity contribution in [3.63, 3.8) is 0 Å². The van der Waals surface area contributed by atoms with E-state index in [2.05, 4.69) is 4.74 Å². The highest BCUT2D eigenvalue weighted by Gasteiger charge is 2.44. The van der Waals surface area contributed by atoms with Crippen LogP contribution in [0.5, 0.6) is 23.0 Å². The van der Waals surface area contributed by atoms with E-state index >= 15 is 0 Å². The van der Waals surface area contributed by atoms with Gasteiger partial charge in [0.2, 0.25) is 0 Å². The van der Waals surface area contributed by atoms with Gasteiger partial charge in [0.1, 0.15) is 23.0 Å². The maximum absolute atomic E-state index is 12.9. The zero-order valence-corrected chi connectivity index (χ0v) is 14.8. The van der Waals surface area contributed by atoms with Crippen LogP contribution in [-0.4, -0.2) is 30.9 Å². The first-order valence-electron chi connectivity index (χ1n) is 7.97. The second-order valence-corrected chi connectivity index (χ2v) is 5.86. The van der Waals surface area contributed by atoms with Gasteiger partial charge in [-0.2, -0.15) is 17.6 Å². The third-order valence-electron chi connectivity index (χ3n) is 3.31. The van der Waals surface area contributed by atoms with Gasteiger partial charge in [-0.05, 0) is 37.1 Å². The molecule has 148 valence electrons. The largest absolute Gasteiger partial charge is 0.506 e. The Hall–Kier alpha value is -2.35. The van der Waals surface area contributed by atoms with Crippen LogP contribution in [0.15, 0.2) is 42.5 Å². The second kappa shape index (κ2) is 9.55. The average Bonchev–Trinajstić information content (AvgIpc) is 2.61. The summed E-state index contributed by atoms with van der Waals surface area (Å²) >= 11 is 5.77. The minimum Gasteiger partial charge on any atom is -0.506 e. The van der Waals surface area contributed by atoms with Gasteiger partial charge >= 0.3 is 12.5 Å². The van der Waals surface area contributed by atoms with E-state index in [-0.39, 0.29) is 23.1 Å². The summed E-state index contributed by atoms with van der Waals surface area (Å²) < 4.78 is 64.9. The normalized spacial score (nSPS) is 11.5. The first kappa shape index (κ1) is 21.0. The molecule has 0 aliphatic carbocycles. The summed E-state index contributed by atoms with van der Waals surface area (Å²) in [6, 6.07) is 9.62. The fraction of sp³-hybridized carbons (Fsp3) is 0.333. The van der Waals surface area contributed by atoms with Gasteiger partial charge < -0.3 is 19.3 Å². The van der Waals surface area contributed by atoms with E-state index in [4.69, 9.17) is 21.1 Å². The number of halogens is 5. The van der Waals surface area contributed by atoms with Crippen LogP contribution in [0.2, 0.25) is 5.02 Å². The standard InChI is InChI=1S/C18H17ClF4O4/c19-15-11-13(6-7-16(15)24)26-9-2-1-8-25-12-4-3-5-14(10-12)27-18(22,23)17(20)21/h3-7,10-11,17,24H,1-2,8-9H2. The van der Waals surface area contributed by atoms with Crippen LogP contribution in [-0.2, 0) is 0 Å². The Bertz CT molecular complexity index is 743. The molecule has 1 N–H and O–H groups in total. The SMILES string of the molecule is Oc1ccc(OCCCCOc2cccc(OC(F)(F)C(F)F)c2)cc1Cl. The molecule has 0 bridgehead atoms. The minimum absolute atomic E-state index is 0.0325. The summed E-state index contributed by atoms with van der Waals surface area (Å²) in [5, 5.41) is 9.50. The van der Waals surface area contributed by atoms with Gasteiger partial charge in [0.05, 0.1) is 18.2 Å². The number of benzene rings is 2. The molecule has 0 unspecified atom stereocenters. The molecule has 2 aromatic carbocycles. The zero-order valence-electron chi connectivity index (χ0n) is 14.0. The van der Waals surface area contributed by atoms with Crippen molar-refractivity contribution >= 4 is 11.6 Å². The van der Waals surface area contributed by atoms with Crippen LogP contribution in [0.3, 0.4) is 0 Å². The molecule has 2 rings (SSSR count). The monoisotopic (exact) mass is 408 g/mol. The third kappa shape index (κ3) is 6.71. The molecule has 0 aliphatic heterocycles. The Balaban J connectivity index is 1.71. The molecule has 0 saturated carbocycles. The highest BCUT2D eigenvalue weighted by atomic mass is 35.5. The van der Waals surface area contributed by atoms with E-state index in [1.165, 1.54) is 24.3 Å². The molecular formula is C18H17ClF4O4. The summed E-state index contributed by atoms with van der Waals surface area (Å²) in [5.41, 5.74) is 0. The van der Waals surface area contributed by atoms with E-state index < -0.39 is 18.3 Å². The molecule has 0 amide bonds. The zero-order chi connectivity index (χ0) is 19.9. The minimum atomic E-state index is -4.56. The summed E-state index contributed by atoms with van der Waals surface area (Å²) in [4.78, 5) is 0. The molecule has 0 radical (unpaired) electrons. The molecule has 9 heteroatoms. The summed E-state index contributed by atoms with van der Waals surface area (Å²) in [6.45, 7) is 0.655. The van der Waals surface area contributed by atoms with Crippen molar-refractivity contribution < 1.29 is 36.9 Å². The Morgan fingerprint density at radius 2 is 1.52 bits per heavy atom. The van der Waals surface area contributed by atoms with Gasteiger partial charge in [-0.15, -0.1) is 0 Å². The number of phenolic OH excluding ortho intramolecular Hbond substituents is 1. The molecule has 2 aromatic rings. The maximum Gasteiger partial charge on any atom is 0.461 e. The van der Waals surface area contributed by atoms with Crippen LogP contribution in [0, 0.1) is 0 Å². The Kier molecular flexibility index (Phi) is 7.41. The number of aromatic hydroxyl groups is 1. The number of rotatable bonds is 10. The lowest BCUT2D eigenvalue weighted by Crippen LogP contribution is -2.33. The van der Waals surface area contributed by atoms with E-state index in [0.717, 1.165) is 12.1 Å². The maximum atomic E-state index is 12.9. The van der Waals surface area contributed by atoms with Gasteiger partial charge in [0, 0.05) is 12.1 Å². The molecule has 4 nitrogen and oxygen atoms in total. The Morgan fingerprint density at radius 3 is 2.11 bits per heavy atom. The van der Waals surface area contributed by atoms with Crippen molar-refractivity contribution in [3.8, 4) is 23.0 Å². The van der Waals surface area contributed by atoms with Gasteiger partial charge in [-0.1, -0.05) is 17.7 Å². The highest BCUT2D eigenvalue weighted by molar-refractivity contribution is 6.32. The van der Waals surface area contributed by atoms with Crippen LogP contribution < -0.4 is 14.2 Å². The van der Waals surface area contributed by atoms with Crippen LogP contribution in [0.25, 0.3) is 0 Å². The quantitative estimate of drug-likeness (QED) is 0.415. The molecular weight excluding hydrogens is 392 g/mol. The molecule has 0 aromatic heterocycles. The van der Waals surface area contributed by atoms with Gasteiger partial charge in [-0.3, -0.25) is 0 Å². The topological polar surface area (TPSA) is 47.9 Å². The lowest BCUT2D eigenvalue weighted by molar-refractivity contribution is -0.253. The van der Waals surface area contributed by atoms with Crippen molar-refractivity contribution in [1.82, 2.24) is 0 Å². The van der Waals surface area contributed by atoms with Crippen molar-refractivity contribution in [2.45, 2.75) is 25.4 Å². The van der Waals surface area contributed by atoms with E-state index in [9.17, 15) is 22.7 Å². The van der Waals surface area contributed by atoms with Crippen LogP contribution >= 0.6 is 11.6 Å². The number of hydrogen-bond acceptors (Lipinski definition) is 4. The smallest absolute Gasteiger partial charge is 0.461 e. The average molecular weight is 409 g/mol. The number of hydrogen-bond donors (Lipinski definition) is 1. The highest BCUT2D eigenvalue weighted by Crippen LogP contribution is 2.30. The van der Waals surface area contributed by atoms with Gasteiger partial charge in [-0.25, -0.2) is 0 Å². The van der Waals surface area contributed by atoms with E-state index in [1.54, 1.807) is 6.07 Å². The molecule has 0 spiro atoms. The third-order valence-corrected chi connectivity index (χ3v) is 3.61. The van der Waals surface area contributed by atoms with Crippen molar-refractivity contribution in [2.24, 2.45) is 0 Å². The lowest BCUT2D eigenvalue weighted by atomic mass is 10.3. The van der Waals surface area contributed by atoms with E-state index in [1.807, 2.05) is 0 Å². The van der Waals surface area contributed by atoms with Crippen LogP contribution in [0.1, 0.15) is 12.8 Å². The molecule has 0 fully saturated rings. The number of ether oxygens (including phenoxy) is 3. The predicted molar refractivity (Wildman–Crippen MR) is 91.4 cm³/mol.